The summed E-state index contributed by atoms with van der Waals surface area (Å²) in [6.07, 6.45) is 13.6. The summed E-state index contributed by atoms with van der Waals surface area (Å²) in [6, 6.07) is 33.5. The molecule has 9 rings (SSSR count). The molecule has 0 radical (unpaired) electrons. The van der Waals surface area contributed by atoms with Gasteiger partial charge in [-0.2, -0.15) is 0 Å². The first-order chi connectivity index (χ1) is 34.3. The zero-order valence-electron chi connectivity index (χ0n) is 40.4. The van der Waals surface area contributed by atoms with Crippen LogP contribution in [0.5, 0.6) is 17.2 Å². The van der Waals surface area contributed by atoms with E-state index < -0.39 is 0 Å². The van der Waals surface area contributed by atoms with Crippen molar-refractivity contribution in [1.82, 2.24) is 4.40 Å². The summed E-state index contributed by atoms with van der Waals surface area (Å²) >= 11 is 0. The van der Waals surface area contributed by atoms with E-state index >= 15 is 0 Å². The smallest absolute Gasteiger partial charge is 0.197 e. The third-order valence-corrected chi connectivity index (χ3v) is 12.9. The fraction of sp³-hybridized carbons (Fsp3) is 0.286. The predicted molar refractivity (Wildman–Crippen MR) is 286 cm³/mol. The Morgan fingerprint density at radius 2 is 0.571 bits per heavy atom. The fourth-order valence-electron chi connectivity index (χ4n) is 9.14. The van der Waals surface area contributed by atoms with Crippen molar-refractivity contribution < 1.29 is 14.2 Å². The molecule has 9 aromatic rings. The molecule has 0 spiro atoms. The van der Waals surface area contributed by atoms with Gasteiger partial charge in [0.05, 0.1) is 36.4 Å². The summed E-state index contributed by atoms with van der Waals surface area (Å²) in [7, 11) is 0. The van der Waals surface area contributed by atoms with Crippen molar-refractivity contribution in [3.8, 4) is 52.8 Å². The molecular formula is C63H57NO6. The molecule has 350 valence electrons. The zero-order valence-corrected chi connectivity index (χ0v) is 40.4. The molecule has 0 bridgehead atoms. The molecule has 0 N–H and O–H groups in total. The first-order valence-corrected chi connectivity index (χ1v) is 25.1. The lowest BCUT2D eigenvalue weighted by molar-refractivity contribution is 0.305. The summed E-state index contributed by atoms with van der Waals surface area (Å²) in [6.45, 7) is 8.57. The number of pyridine rings is 3. The Balaban J connectivity index is 1.14. The summed E-state index contributed by atoms with van der Waals surface area (Å²) < 4.78 is 19.8. The molecule has 0 unspecified atom stereocenters. The second-order valence-electron chi connectivity index (χ2n) is 18.1. The van der Waals surface area contributed by atoms with E-state index in [-0.39, 0.29) is 16.3 Å². The zero-order chi connectivity index (χ0) is 48.4. The Kier molecular flexibility index (Phi) is 14.9. The molecule has 0 amide bonds. The maximum absolute atomic E-state index is 14.8. The van der Waals surface area contributed by atoms with Crippen LogP contribution in [0.1, 0.15) is 131 Å². The highest BCUT2D eigenvalue weighted by molar-refractivity contribution is 6.17. The third-order valence-electron chi connectivity index (χ3n) is 12.9. The number of hydrogen-bond acceptors (Lipinski definition) is 6. The summed E-state index contributed by atoms with van der Waals surface area (Å²) in [5, 5.41) is 1.99. The van der Waals surface area contributed by atoms with Gasteiger partial charge in [0.25, 0.3) is 0 Å². The summed E-state index contributed by atoms with van der Waals surface area (Å²) in [4.78, 5) is 44.5. The van der Waals surface area contributed by atoms with Gasteiger partial charge in [-0.25, -0.2) is 0 Å². The van der Waals surface area contributed by atoms with Gasteiger partial charge >= 0.3 is 0 Å². The lowest BCUT2D eigenvalue weighted by Gasteiger charge is -2.19. The van der Waals surface area contributed by atoms with Crippen molar-refractivity contribution >= 4 is 48.9 Å². The number of unbranched alkanes of at least 4 members (excludes halogenated alkanes) is 9. The number of ether oxygens (including phenoxy) is 3. The maximum Gasteiger partial charge on any atom is 0.197 e. The Hall–Kier alpha value is -7.79. The van der Waals surface area contributed by atoms with Gasteiger partial charge in [0.2, 0.25) is 0 Å². The number of nitrogens with zero attached hydrogens (tertiary/aromatic N) is 1. The van der Waals surface area contributed by atoms with Crippen molar-refractivity contribution in [2.24, 2.45) is 0 Å². The van der Waals surface area contributed by atoms with Crippen molar-refractivity contribution in [3.05, 3.63) is 173 Å². The van der Waals surface area contributed by atoms with Crippen molar-refractivity contribution in [1.29, 1.82) is 0 Å². The molecule has 7 nitrogen and oxygen atoms in total. The summed E-state index contributed by atoms with van der Waals surface area (Å²) in [5.41, 5.74) is 4.28. The van der Waals surface area contributed by atoms with Crippen molar-refractivity contribution in [2.45, 2.75) is 97.8 Å². The van der Waals surface area contributed by atoms with Crippen LogP contribution in [0.25, 0.3) is 48.9 Å². The number of benzene rings is 6. The molecule has 0 aliphatic rings. The monoisotopic (exact) mass is 923 g/mol. The first-order valence-electron chi connectivity index (χ1n) is 25.1. The Morgan fingerprint density at radius 3 is 0.814 bits per heavy atom. The number of aromatic nitrogens is 1. The minimum absolute atomic E-state index is 0.306. The molecule has 70 heavy (non-hydrogen) atoms. The Labute approximate surface area is 409 Å². The number of rotatable bonds is 18. The average molecular weight is 924 g/mol. The van der Waals surface area contributed by atoms with E-state index in [1.165, 1.54) is 38.5 Å². The van der Waals surface area contributed by atoms with Gasteiger partial charge in [-0.05, 0) is 128 Å². The minimum Gasteiger partial charge on any atom is -0.494 e. The lowest BCUT2D eigenvalue weighted by Crippen LogP contribution is -2.19. The Bertz CT molecular complexity index is 3160. The van der Waals surface area contributed by atoms with Crippen LogP contribution >= 0.6 is 0 Å². The molecule has 6 aromatic carbocycles. The largest absolute Gasteiger partial charge is 0.494 e. The molecule has 0 atom stereocenters. The quantitative estimate of drug-likeness (QED) is 0.0369. The van der Waals surface area contributed by atoms with Gasteiger partial charge in [0, 0.05) is 65.7 Å². The van der Waals surface area contributed by atoms with Crippen LogP contribution in [0.2, 0.25) is 0 Å². The van der Waals surface area contributed by atoms with Crippen LogP contribution < -0.4 is 30.5 Å². The minimum atomic E-state index is -0.306. The predicted octanol–water partition coefficient (Wildman–Crippen LogP) is 13.0. The second kappa shape index (κ2) is 22.1. The van der Waals surface area contributed by atoms with Crippen LogP contribution in [-0.4, -0.2) is 24.2 Å². The van der Waals surface area contributed by atoms with Gasteiger partial charge in [-0.3, -0.25) is 14.4 Å². The van der Waals surface area contributed by atoms with Crippen LogP contribution in [0.3, 0.4) is 0 Å². The van der Waals surface area contributed by atoms with Gasteiger partial charge in [-0.15, -0.1) is 0 Å². The van der Waals surface area contributed by atoms with Crippen LogP contribution in [-0.2, 0) is 0 Å². The van der Waals surface area contributed by atoms with Gasteiger partial charge in [-0.1, -0.05) is 114 Å². The highest BCUT2D eigenvalue weighted by atomic mass is 16.5. The molecule has 3 heterocycles. The normalized spacial score (nSPS) is 11.2. The Morgan fingerprint density at radius 1 is 0.329 bits per heavy atom. The van der Waals surface area contributed by atoms with E-state index in [0.717, 1.165) is 72.5 Å². The van der Waals surface area contributed by atoms with E-state index in [0.29, 0.717) is 85.4 Å². The van der Waals surface area contributed by atoms with E-state index in [4.69, 9.17) is 14.2 Å². The van der Waals surface area contributed by atoms with E-state index in [1.54, 1.807) is 36.4 Å². The average Bonchev–Trinajstić information content (AvgIpc) is 3.39. The molecule has 0 saturated heterocycles. The van der Waals surface area contributed by atoms with Crippen molar-refractivity contribution in [2.75, 3.05) is 19.8 Å². The SMILES string of the molecule is CCCCCCOc1ccc(C#Cc2cc3c(=O)c4cc(C#Cc5ccc(OCCCCCC)cc5)cc5c(=O)c6cc(C#Cc7ccc(OCCCCCC)cc7)cc7c(=O)c(c2)c3n(c45)c76)cc1. The van der Waals surface area contributed by atoms with E-state index in [1.807, 2.05) is 77.2 Å². The van der Waals surface area contributed by atoms with Gasteiger partial charge in [0.15, 0.2) is 16.3 Å². The van der Waals surface area contributed by atoms with Crippen molar-refractivity contribution in [3.63, 3.8) is 0 Å². The van der Waals surface area contributed by atoms with Gasteiger partial charge < -0.3 is 18.6 Å². The first kappa shape index (κ1) is 47.3. The molecule has 3 aromatic heterocycles. The highest BCUT2D eigenvalue weighted by Gasteiger charge is 2.24. The lowest BCUT2D eigenvalue weighted by atomic mass is 9.94. The van der Waals surface area contributed by atoms with Crippen LogP contribution in [0, 0.1) is 35.5 Å². The summed E-state index contributed by atoms with van der Waals surface area (Å²) in [5.74, 6) is 21.8. The maximum atomic E-state index is 14.8. The second-order valence-corrected chi connectivity index (χ2v) is 18.1. The number of hydrogen-bond donors (Lipinski definition) is 0. The highest BCUT2D eigenvalue weighted by Crippen LogP contribution is 2.34. The molecule has 7 heteroatoms. The standard InChI is InChI=1S/C63H57NO6/c1-4-7-10-13-34-68-49-28-22-43(23-29-49)16-19-46-37-52-58-53(38-46)62(66)55-40-48(21-18-45-26-32-51(33-27-45)70-36-15-12-9-6-3)42-57-60(55)64(58)59-54(61(52)65)39-47(41-56(59)63(57)67)20-17-44-24-30-50(31-25-44)69-35-14-11-8-5-2/h22-33,37-42H,4-15,34-36H2,1-3H3. The topological polar surface area (TPSA) is 83.3 Å². The molecule has 0 fully saturated rings. The van der Waals surface area contributed by atoms with Crippen LogP contribution in [0.4, 0.5) is 0 Å². The van der Waals surface area contributed by atoms with Gasteiger partial charge in [0.1, 0.15) is 17.2 Å². The van der Waals surface area contributed by atoms with Crippen LogP contribution in [0.15, 0.2) is 124 Å². The third kappa shape index (κ3) is 10.4. The van der Waals surface area contributed by atoms with E-state index in [9.17, 15) is 14.4 Å². The van der Waals surface area contributed by atoms with E-state index in [2.05, 4.69) is 56.3 Å². The molecule has 0 aliphatic carbocycles. The molecular weight excluding hydrogens is 867 g/mol. The molecule has 0 aliphatic heterocycles. The fourth-order valence-corrected chi connectivity index (χ4v) is 9.14. The molecule has 0 saturated carbocycles.